The third kappa shape index (κ3) is 16.1. The van der Waals surface area contributed by atoms with Crippen molar-refractivity contribution in [3.8, 4) is 0 Å². The highest BCUT2D eigenvalue weighted by Gasteiger charge is 1.59. The molecule has 16 heavy (non-hydrogen) atoms. The van der Waals surface area contributed by atoms with E-state index in [9.17, 15) is 0 Å². The van der Waals surface area contributed by atoms with Crippen LogP contribution >= 0.6 is 48.0 Å². The second kappa shape index (κ2) is 20.1. The quantitative estimate of drug-likeness (QED) is 0.601. The molecule has 2 aromatic rings. The second-order valence-corrected chi connectivity index (χ2v) is 2.05. The Morgan fingerprint density at radius 3 is 0.750 bits per heavy atom. The van der Waals surface area contributed by atoms with Crippen LogP contribution in [-0.2, 0) is 0 Å². The normalized spacial score (nSPS) is 6.00. The first kappa shape index (κ1) is 24.8. The van der Waals surface area contributed by atoms with Gasteiger partial charge in [-0.2, -0.15) is 0 Å². The summed E-state index contributed by atoms with van der Waals surface area (Å²) >= 11 is 0. The average molecular weight is 448 g/mol. The monoisotopic (exact) mass is 448 g/mol. The third-order valence-corrected chi connectivity index (χ3v) is 1.13. The molecule has 0 atom stereocenters. The molecule has 0 aliphatic carbocycles. The fourth-order valence-corrected chi connectivity index (χ4v) is 0.625. The van der Waals surface area contributed by atoms with Gasteiger partial charge in [0.15, 0.2) is 0 Å². The van der Waals surface area contributed by atoms with Gasteiger partial charge in [0.25, 0.3) is 0 Å². The van der Waals surface area contributed by atoms with E-state index in [-0.39, 0.29) is 60.3 Å². The maximum Gasteiger partial charge on any atom is 0.0267 e. The van der Waals surface area contributed by atoms with Gasteiger partial charge in [-0.3, -0.25) is 9.97 Å². The van der Waals surface area contributed by atoms with Gasteiger partial charge in [-0.15, -0.1) is 48.0 Å². The number of hydrogen-bond acceptors (Lipinski definition) is 4. The topological polar surface area (TPSA) is 95.8 Å². The van der Waals surface area contributed by atoms with E-state index in [4.69, 9.17) is 0 Å². The molecular weight excluding hydrogens is 430 g/mol. The minimum absolute atomic E-state index is 0. The maximum absolute atomic E-state index is 3.78. The number of rotatable bonds is 0. The summed E-state index contributed by atoms with van der Waals surface area (Å²) in [4.78, 5) is 7.57. The molecule has 0 radical (unpaired) electrons. The van der Waals surface area contributed by atoms with Crippen molar-refractivity contribution in [1.29, 1.82) is 0 Å². The van der Waals surface area contributed by atoms with Crippen LogP contribution in [0.1, 0.15) is 0 Å². The molecule has 6 heteroatoms. The summed E-state index contributed by atoms with van der Waals surface area (Å²) in [5, 5.41) is 0. The Hall–Kier alpha value is -0.320. The van der Waals surface area contributed by atoms with Gasteiger partial charge in [0, 0.05) is 24.8 Å². The van der Waals surface area contributed by atoms with Crippen LogP contribution in [0.2, 0.25) is 0 Å². The van der Waals surface area contributed by atoms with E-state index in [0.717, 1.165) is 0 Å². The highest BCUT2D eigenvalue weighted by molar-refractivity contribution is 14.0. The fraction of sp³-hybridized carbons (Fsp3) is 0. The van der Waals surface area contributed by atoms with Gasteiger partial charge in [-0.05, 0) is 24.3 Å². The van der Waals surface area contributed by atoms with Crippen LogP contribution in [-0.4, -0.2) is 9.97 Å². The first-order valence-electron chi connectivity index (χ1n) is 3.70. The summed E-state index contributed by atoms with van der Waals surface area (Å²) in [5.41, 5.74) is 0. The van der Waals surface area contributed by atoms with E-state index in [0.29, 0.717) is 0 Å². The molecule has 2 rings (SSSR count). The standard InChI is InChI=1S/2C5H5N.2HI.2H3N/c2*1-2-4-6-5-3-1;;;;/h2*1-5H;2*1H;2*1H3. The molecular formula is C10H18I2N4. The lowest BCUT2D eigenvalue weighted by atomic mass is 10.5. The van der Waals surface area contributed by atoms with Crippen molar-refractivity contribution in [2.45, 2.75) is 0 Å². The molecule has 0 bridgehead atoms. The largest absolute Gasteiger partial charge is 0.344 e. The van der Waals surface area contributed by atoms with E-state index in [1.54, 1.807) is 24.8 Å². The molecule has 0 saturated carbocycles. The number of nitrogens with zero attached hydrogens (tertiary/aromatic N) is 2. The van der Waals surface area contributed by atoms with Crippen molar-refractivity contribution in [3.63, 3.8) is 0 Å². The highest BCUT2D eigenvalue weighted by Crippen LogP contribution is 1.74. The highest BCUT2D eigenvalue weighted by atomic mass is 127. The van der Waals surface area contributed by atoms with Crippen LogP contribution in [0.4, 0.5) is 0 Å². The number of halogens is 2. The van der Waals surface area contributed by atoms with Crippen LogP contribution in [0, 0.1) is 0 Å². The minimum atomic E-state index is 0. The van der Waals surface area contributed by atoms with Crippen LogP contribution in [0.3, 0.4) is 0 Å². The molecule has 4 nitrogen and oxygen atoms in total. The van der Waals surface area contributed by atoms with E-state index in [2.05, 4.69) is 9.97 Å². The predicted molar refractivity (Wildman–Crippen MR) is 89.3 cm³/mol. The lowest BCUT2D eigenvalue weighted by Crippen LogP contribution is -1.58. The average Bonchev–Trinajstić information content (AvgIpc) is 2.24. The SMILES string of the molecule is I.I.N.N.c1ccncc1.c1ccncc1. The van der Waals surface area contributed by atoms with E-state index in [1.165, 1.54) is 0 Å². The van der Waals surface area contributed by atoms with Gasteiger partial charge in [0.1, 0.15) is 0 Å². The van der Waals surface area contributed by atoms with Crippen LogP contribution in [0.15, 0.2) is 61.2 Å². The summed E-state index contributed by atoms with van der Waals surface area (Å²) in [6.07, 6.45) is 7.00. The molecule has 6 N–H and O–H groups in total. The Morgan fingerprint density at radius 1 is 0.438 bits per heavy atom. The van der Waals surface area contributed by atoms with Crippen LogP contribution in [0.5, 0.6) is 0 Å². The van der Waals surface area contributed by atoms with Crippen molar-refractivity contribution >= 4 is 48.0 Å². The summed E-state index contributed by atoms with van der Waals surface area (Å²) in [5.74, 6) is 0. The van der Waals surface area contributed by atoms with Gasteiger partial charge in [0.05, 0.1) is 0 Å². The Labute approximate surface area is 130 Å². The molecule has 0 unspecified atom stereocenters. The molecule has 0 spiro atoms. The molecule has 92 valence electrons. The Kier molecular flexibility index (Phi) is 31.2. The first-order chi connectivity index (χ1) is 6.00. The van der Waals surface area contributed by atoms with Crippen LogP contribution < -0.4 is 12.3 Å². The maximum atomic E-state index is 3.78. The smallest absolute Gasteiger partial charge is 0.0267 e. The lowest BCUT2D eigenvalue weighted by Gasteiger charge is -1.70. The van der Waals surface area contributed by atoms with E-state index >= 15 is 0 Å². The minimum Gasteiger partial charge on any atom is -0.344 e. The summed E-state index contributed by atoms with van der Waals surface area (Å²) in [6.45, 7) is 0. The zero-order valence-electron chi connectivity index (χ0n) is 8.90. The van der Waals surface area contributed by atoms with Crippen molar-refractivity contribution in [2.75, 3.05) is 0 Å². The molecule has 2 heterocycles. The number of aromatic nitrogens is 2. The number of pyridine rings is 2. The summed E-state index contributed by atoms with van der Waals surface area (Å²) in [7, 11) is 0. The molecule has 0 aromatic carbocycles. The Morgan fingerprint density at radius 2 is 0.688 bits per heavy atom. The van der Waals surface area contributed by atoms with E-state index in [1.807, 2.05) is 36.4 Å². The molecule has 0 fully saturated rings. The Bertz CT molecular complexity index is 196. The van der Waals surface area contributed by atoms with Gasteiger partial charge in [-0.1, -0.05) is 12.1 Å². The van der Waals surface area contributed by atoms with Gasteiger partial charge < -0.3 is 12.3 Å². The number of hydrogen-bond donors (Lipinski definition) is 2. The predicted octanol–water partition coefficient (Wildman–Crippen LogP) is 3.72. The summed E-state index contributed by atoms with van der Waals surface area (Å²) < 4.78 is 0. The Balaban J connectivity index is -0.0000000720. The molecule has 2 aromatic heterocycles. The van der Waals surface area contributed by atoms with Crippen molar-refractivity contribution < 1.29 is 0 Å². The van der Waals surface area contributed by atoms with Gasteiger partial charge >= 0.3 is 0 Å². The fourth-order valence-electron chi connectivity index (χ4n) is 0.625. The van der Waals surface area contributed by atoms with E-state index < -0.39 is 0 Å². The van der Waals surface area contributed by atoms with Crippen molar-refractivity contribution in [3.05, 3.63) is 61.2 Å². The molecule has 0 aliphatic heterocycles. The molecule has 0 saturated heterocycles. The zero-order valence-corrected chi connectivity index (χ0v) is 13.6. The van der Waals surface area contributed by atoms with Crippen molar-refractivity contribution in [2.24, 2.45) is 0 Å². The zero-order chi connectivity index (χ0) is 8.49. The lowest BCUT2D eigenvalue weighted by molar-refractivity contribution is 1.33. The van der Waals surface area contributed by atoms with Gasteiger partial charge in [0.2, 0.25) is 0 Å². The van der Waals surface area contributed by atoms with Crippen LogP contribution in [0.25, 0.3) is 0 Å². The second-order valence-electron chi connectivity index (χ2n) is 2.05. The first-order valence-corrected chi connectivity index (χ1v) is 3.70. The summed E-state index contributed by atoms with van der Waals surface area (Å²) in [6, 6.07) is 11.4. The van der Waals surface area contributed by atoms with Gasteiger partial charge in [-0.25, -0.2) is 0 Å². The molecule has 0 aliphatic rings. The third-order valence-electron chi connectivity index (χ3n) is 1.13. The van der Waals surface area contributed by atoms with Crippen molar-refractivity contribution in [1.82, 2.24) is 22.3 Å². The molecule has 0 amide bonds.